The molecule has 0 aliphatic heterocycles. The van der Waals surface area contributed by atoms with Gasteiger partial charge in [-0.3, -0.25) is 9.59 Å². The zero-order chi connectivity index (χ0) is 21.0. The molecule has 0 spiro atoms. The first-order chi connectivity index (χ1) is 14.0. The van der Waals surface area contributed by atoms with Crippen LogP contribution in [0.1, 0.15) is 31.0 Å². The predicted molar refractivity (Wildman–Crippen MR) is 115 cm³/mol. The van der Waals surface area contributed by atoms with Gasteiger partial charge in [-0.05, 0) is 49.2 Å². The van der Waals surface area contributed by atoms with Crippen LogP contribution in [0.15, 0.2) is 65.3 Å². The first-order valence-electron chi connectivity index (χ1n) is 9.37. The molecule has 1 aliphatic carbocycles. The van der Waals surface area contributed by atoms with Crippen molar-refractivity contribution >= 4 is 39.1 Å². The van der Waals surface area contributed by atoms with Crippen molar-refractivity contribution in [2.75, 3.05) is 18.5 Å². The van der Waals surface area contributed by atoms with Gasteiger partial charge >= 0.3 is 11.9 Å². The van der Waals surface area contributed by atoms with Crippen molar-refractivity contribution in [3.63, 3.8) is 0 Å². The summed E-state index contributed by atoms with van der Waals surface area (Å²) in [5.74, 6) is -1.37. The van der Waals surface area contributed by atoms with Gasteiger partial charge in [-0.2, -0.15) is 0 Å². The van der Waals surface area contributed by atoms with Crippen molar-refractivity contribution in [1.29, 1.82) is 0 Å². The van der Waals surface area contributed by atoms with Gasteiger partial charge in [0.1, 0.15) is 0 Å². The summed E-state index contributed by atoms with van der Waals surface area (Å²) in [7, 11) is 0. The Morgan fingerprint density at radius 3 is 2.21 bits per heavy atom. The fraction of sp³-hybridized carbons (Fsp3) is 0.261. The summed E-state index contributed by atoms with van der Waals surface area (Å²) in [6, 6.07) is 14.2. The van der Waals surface area contributed by atoms with Crippen LogP contribution in [0.3, 0.4) is 0 Å². The Bertz CT molecular complexity index is 959. The number of hydrogen-bond acceptors (Lipinski definition) is 5. The number of nitrogens with one attached hydrogen (secondary N) is 1. The van der Waals surface area contributed by atoms with E-state index < -0.39 is 23.4 Å². The summed E-state index contributed by atoms with van der Waals surface area (Å²) < 4.78 is 11.7. The van der Waals surface area contributed by atoms with Crippen molar-refractivity contribution in [2.24, 2.45) is 5.41 Å². The molecule has 0 fully saturated rings. The zero-order valence-corrected chi connectivity index (χ0v) is 17.9. The molecule has 1 unspecified atom stereocenters. The number of esters is 2. The van der Waals surface area contributed by atoms with Crippen LogP contribution < -0.4 is 5.32 Å². The van der Waals surface area contributed by atoms with E-state index >= 15 is 0 Å². The molecule has 0 amide bonds. The van der Waals surface area contributed by atoms with Crippen molar-refractivity contribution in [3.05, 3.63) is 76.4 Å². The third kappa shape index (κ3) is 3.50. The lowest BCUT2D eigenvalue weighted by Gasteiger charge is -2.32. The van der Waals surface area contributed by atoms with Crippen LogP contribution in [0.4, 0.5) is 5.69 Å². The molecular weight excluding hydrogens is 434 g/mol. The largest absolute Gasteiger partial charge is 0.465 e. The van der Waals surface area contributed by atoms with Crippen LogP contribution in [0.2, 0.25) is 0 Å². The molecule has 2 aromatic carbocycles. The highest BCUT2D eigenvalue weighted by molar-refractivity contribution is 9.10. The Hall–Kier alpha value is -2.82. The Kier molecular flexibility index (Phi) is 6.26. The maximum atomic E-state index is 13.3. The van der Waals surface area contributed by atoms with Crippen molar-refractivity contribution in [1.82, 2.24) is 0 Å². The molecule has 29 heavy (non-hydrogen) atoms. The molecule has 2 aromatic rings. The smallest absolute Gasteiger partial charge is 0.331 e. The number of ether oxygens (including phenoxy) is 2. The van der Waals surface area contributed by atoms with E-state index in [1.807, 2.05) is 48.5 Å². The fourth-order valence-electron chi connectivity index (χ4n) is 3.71. The molecule has 1 aliphatic rings. The highest BCUT2D eigenvalue weighted by Gasteiger charge is 2.63. The number of halogens is 1. The highest BCUT2D eigenvalue weighted by Crippen LogP contribution is 2.56. The standard InChI is InChI=1S/C23H22BrNO4/c1-4-19-17-9-7-8-10-18(17)20(25-16-13-11-15(24)12-14-16)23(19,21(26)28-5-2)22(27)29-6-3/h7-14,20,25H,1,5-6H2,2-3H3. The SMILES string of the molecule is C=C=C1c2ccccc2C(Nc2ccc(Br)cc2)C1(C(=O)OCC)C(=O)OCC. The second-order valence-electron chi connectivity index (χ2n) is 6.47. The van der Waals surface area contributed by atoms with Gasteiger partial charge in [-0.25, -0.2) is 0 Å². The number of hydrogen-bond donors (Lipinski definition) is 1. The Morgan fingerprint density at radius 2 is 1.66 bits per heavy atom. The lowest BCUT2D eigenvalue weighted by Crippen LogP contribution is -2.47. The summed E-state index contributed by atoms with van der Waals surface area (Å²) in [5.41, 5.74) is 3.69. The Morgan fingerprint density at radius 1 is 1.07 bits per heavy atom. The third-order valence-corrected chi connectivity index (χ3v) is 5.42. The number of rotatable bonds is 6. The molecule has 0 saturated carbocycles. The van der Waals surface area contributed by atoms with Gasteiger partial charge in [-0.1, -0.05) is 46.8 Å². The van der Waals surface area contributed by atoms with Crippen LogP contribution in [0.25, 0.3) is 5.57 Å². The van der Waals surface area contributed by atoms with Crippen molar-refractivity contribution in [2.45, 2.75) is 19.9 Å². The quantitative estimate of drug-likeness (QED) is 0.381. The first-order valence-corrected chi connectivity index (χ1v) is 10.2. The zero-order valence-electron chi connectivity index (χ0n) is 16.3. The number of anilines is 1. The van der Waals surface area contributed by atoms with Crippen molar-refractivity contribution < 1.29 is 19.1 Å². The summed E-state index contributed by atoms with van der Waals surface area (Å²) in [6.45, 7) is 7.43. The molecule has 6 heteroatoms. The first kappa shape index (κ1) is 20.9. The van der Waals surface area contributed by atoms with E-state index in [1.165, 1.54) is 0 Å². The summed E-state index contributed by atoms with van der Waals surface area (Å²) in [6.07, 6.45) is 0. The minimum atomic E-state index is -1.75. The van der Waals surface area contributed by atoms with Gasteiger partial charge in [0.15, 0.2) is 0 Å². The topological polar surface area (TPSA) is 64.6 Å². The number of fused-ring (bicyclic) bond motifs is 1. The van der Waals surface area contributed by atoms with E-state index in [9.17, 15) is 9.59 Å². The van der Waals surface area contributed by atoms with Crippen LogP contribution in [-0.4, -0.2) is 25.2 Å². The maximum absolute atomic E-state index is 13.3. The second-order valence-corrected chi connectivity index (χ2v) is 7.39. The second kappa shape index (κ2) is 8.68. The maximum Gasteiger partial charge on any atom is 0.331 e. The normalized spacial score (nSPS) is 16.5. The van der Waals surface area contributed by atoms with E-state index in [1.54, 1.807) is 13.8 Å². The number of carbonyl (C=O) groups is 2. The summed E-state index contributed by atoms with van der Waals surface area (Å²) in [5, 5.41) is 3.35. The van der Waals surface area contributed by atoms with Crippen LogP contribution in [0.5, 0.6) is 0 Å². The molecule has 5 nitrogen and oxygen atoms in total. The van der Waals surface area contributed by atoms with Gasteiger partial charge in [0, 0.05) is 15.7 Å². The molecule has 0 bridgehead atoms. The van der Waals surface area contributed by atoms with Gasteiger partial charge in [0.25, 0.3) is 0 Å². The average molecular weight is 456 g/mol. The molecule has 1 atom stereocenters. The van der Waals surface area contributed by atoms with E-state index in [2.05, 4.69) is 33.6 Å². The number of benzene rings is 2. The molecule has 0 heterocycles. The van der Waals surface area contributed by atoms with Crippen molar-refractivity contribution in [3.8, 4) is 0 Å². The monoisotopic (exact) mass is 455 g/mol. The molecule has 0 saturated heterocycles. The lowest BCUT2D eigenvalue weighted by molar-refractivity contribution is -0.167. The minimum absolute atomic E-state index is 0.131. The van der Waals surface area contributed by atoms with Crippen LogP contribution >= 0.6 is 15.9 Å². The average Bonchev–Trinajstić information content (AvgIpc) is 3.00. The lowest BCUT2D eigenvalue weighted by atomic mass is 9.77. The Balaban J connectivity index is 2.25. The van der Waals surface area contributed by atoms with Gasteiger partial charge in [-0.15, -0.1) is 5.73 Å². The van der Waals surface area contributed by atoms with Gasteiger partial charge in [0.05, 0.1) is 19.3 Å². The molecule has 150 valence electrons. The third-order valence-electron chi connectivity index (χ3n) is 4.90. The van der Waals surface area contributed by atoms with E-state index in [0.717, 1.165) is 21.3 Å². The molecule has 0 radical (unpaired) electrons. The summed E-state index contributed by atoms with van der Waals surface area (Å²) in [4.78, 5) is 26.6. The molecule has 3 rings (SSSR count). The highest BCUT2D eigenvalue weighted by atomic mass is 79.9. The summed E-state index contributed by atoms with van der Waals surface area (Å²) >= 11 is 3.42. The van der Waals surface area contributed by atoms with Gasteiger partial charge in [0.2, 0.25) is 5.41 Å². The number of carbonyl (C=O) groups excluding carboxylic acids is 2. The van der Waals surface area contributed by atoms with E-state index in [4.69, 9.17) is 9.47 Å². The predicted octanol–water partition coefficient (Wildman–Crippen LogP) is 4.90. The Labute approximate surface area is 178 Å². The van der Waals surface area contributed by atoms with Gasteiger partial charge < -0.3 is 14.8 Å². The molecular formula is C23H22BrNO4. The van der Waals surface area contributed by atoms with E-state index in [-0.39, 0.29) is 13.2 Å². The molecule has 1 N–H and O–H groups in total. The molecule has 0 aromatic heterocycles. The van der Waals surface area contributed by atoms with E-state index in [0.29, 0.717) is 5.57 Å². The fourth-order valence-corrected chi connectivity index (χ4v) is 3.98. The van der Waals surface area contributed by atoms with Crippen LogP contribution in [0, 0.1) is 5.41 Å². The van der Waals surface area contributed by atoms with Crippen LogP contribution in [-0.2, 0) is 19.1 Å². The minimum Gasteiger partial charge on any atom is -0.465 e.